The van der Waals surface area contributed by atoms with Crippen molar-refractivity contribution in [3.63, 3.8) is 0 Å². The molecule has 0 unspecified atom stereocenters. The van der Waals surface area contributed by atoms with Gasteiger partial charge < -0.3 is 19.2 Å². The van der Waals surface area contributed by atoms with E-state index in [0.29, 0.717) is 41.8 Å². The molecule has 2 amide bonds. The molecule has 0 spiro atoms. The van der Waals surface area contributed by atoms with Gasteiger partial charge in [0.2, 0.25) is 17.6 Å². The van der Waals surface area contributed by atoms with Gasteiger partial charge in [0, 0.05) is 31.3 Å². The van der Waals surface area contributed by atoms with E-state index in [1.54, 1.807) is 47.6 Å². The van der Waals surface area contributed by atoms with E-state index in [2.05, 4.69) is 15.5 Å². The molecule has 1 saturated heterocycles. The lowest BCUT2D eigenvalue weighted by Crippen LogP contribution is -2.48. The van der Waals surface area contributed by atoms with Gasteiger partial charge in [0.1, 0.15) is 0 Å². The maximum absolute atomic E-state index is 12.5. The molecule has 0 saturated carbocycles. The molecule has 8 nitrogen and oxygen atoms in total. The Morgan fingerprint density at radius 3 is 2.62 bits per heavy atom. The summed E-state index contributed by atoms with van der Waals surface area (Å²) in [5, 5.41) is 6.58. The van der Waals surface area contributed by atoms with E-state index >= 15 is 0 Å². The Hall–Kier alpha value is -3.42. The first kappa shape index (κ1) is 16.1. The monoisotopic (exact) mass is 352 g/mol. The summed E-state index contributed by atoms with van der Waals surface area (Å²) in [4.78, 5) is 29.6. The molecule has 0 radical (unpaired) electrons. The number of nitrogens with one attached hydrogen (secondary N) is 1. The third-order valence-electron chi connectivity index (χ3n) is 4.15. The lowest BCUT2D eigenvalue weighted by atomic mass is 9.98. The van der Waals surface area contributed by atoms with Crippen molar-refractivity contribution in [2.75, 3.05) is 18.4 Å². The van der Waals surface area contributed by atoms with Gasteiger partial charge in [-0.15, -0.1) is 0 Å². The van der Waals surface area contributed by atoms with E-state index in [1.165, 1.54) is 6.92 Å². The van der Waals surface area contributed by atoms with Crippen LogP contribution in [-0.2, 0) is 4.79 Å². The van der Waals surface area contributed by atoms with Crippen LogP contribution in [0.5, 0.6) is 0 Å². The van der Waals surface area contributed by atoms with Crippen LogP contribution in [-0.4, -0.2) is 39.9 Å². The molecule has 8 heteroatoms. The molecule has 4 rings (SSSR count). The topological polar surface area (TPSA) is 101 Å². The fourth-order valence-corrected chi connectivity index (χ4v) is 2.79. The van der Waals surface area contributed by atoms with Gasteiger partial charge in [-0.3, -0.25) is 9.59 Å². The molecule has 3 aromatic rings. The molecule has 0 aliphatic carbocycles. The summed E-state index contributed by atoms with van der Waals surface area (Å²) in [5.74, 6) is 1.26. The smallest absolute Gasteiger partial charge is 0.253 e. The molecular formula is C18H16N4O4. The predicted molar refractivity (Wildman–Crippen MR) is 91.4 cm³/mol. The highest BCUT2D eigenvalue weighted by Gasteiger charge is 2.36. The number of furan rings is 1. The second kappa shape index (κ2) is 6.47. The number of benzene rings is 1. The van der Waals surface area contributed by atoms with Crippen LogP contribution in [0.25, 0.3) is 11.6 Å². The number of aromatic nitrogens is 2. The highest BCUT2D eigenvalue weighted by atomic mass is 16.5. The van der Waals surface area contributed by atoms with Crippen molar-refractivity contribution >= 4 is 17.5 Å². The Bertz CT molecular complexity index is 925. The van der Waals surface area contributed by atoms with Crippen LogP contribution in [0.4, 0.5) is 5.69 Å². The van der Waals surface area contributed by atoms with E-state index in [-0.39, 0.29) is 17.7 Å². The molecule has 1 aromatic carbocycles. The lowest BCUT2D eigenvalue weighted by Gasteiger charge is -2.37. The van der Waals surface area contributed by atoms with Crippen LogP contribution in [0.3, 0.4) is 0 Å². The molecule has 3 heterocycles. The Morgan fingerprint density at radius 1 is 1.19 bits per heavy atom. The van der Waals surface area contributed by atoms with E-state index in [0.717, 1.165) is 0 Å². The van der Waals surface area contributed by atoms with Crippen LogP contribution in [0, 0.1) is 0 Å². The number of nitrogens with zero attached hydrogens (tertiary/aromatic N) is 3. The Balaban J connectivity index is 1.37. The standard InChI is InChI=1S/C18H16N4O4/c1-11(23)19-14-6-4-12(5-7-14)18(24)22-9-13(10-22)17-20-16(21-26-17)15-3-2-8-25-15/h2-8,13H,9-10H2,1H3,(H,19,23). The van der Waals surface area contributed by atoms with Crippen LogP contribution < -0.4 is 5.32 Å². The summed E-state index contributed by atoms with van der Waals surface area (Å²) >= 11 is 0. The van der Waals surface area contributed by atoms with E-state index in [4.69, 9.17) is 8.94 Å². The predicted octanol–water partition coefficient (Wildman–Crippen LogP) is 2.53. The molecule has 26 heavy (non-hydrogen) atoms. The van der Waals surface area contributed by atoms with Gasteiger partial charge in [-0.2, -0.15) is 4.98 Å². The zero-order valence-corrected chi connectivity index (χ0v) is 14.0. The summed E-state index contributed by atoms with van der Waals surface area (Å²) < 4.78 is 10.5. The maximum Gasteiger partial charge on any atom is 0.253 e. The molecule has 1 fully saturated rings. The lowest BCUT2D eigenvalue weighted by molar-refractivity contribution is -0.114. The summed E-state index contributed by atoms with van der Waals surface area (Å²) in [5.41, 5.74) is 1.23. The zero-order valence-electron chi connectivity index (χ0n) is 14.0. The number of amides is 2. The highest BCUT2D eigenvalue weighted by Crippen LogP contribution is 2.29. The molecular weight excluding hydrogens is 336 g/mol. The second-order valence-electron chi connectivity index (χ2n) is 6.10. The number of hydrogen-bond acceptors (Lipinski definition) is 6. The Kier molecular flexibility index (Phi) is 4.00. The Morgan fingerprint density at radius 2 is 1.96 bits per heavy atom. The summed E-state index contributed by atoms with van der Waals surface area (Å²) in [6.45, 7) is 2.48. The highest BCUT2D eigenvalue weighted by molar-refractivity contribution is 5.96. The van der Waals surface area contributed by atoms with Crippen molar-refractivity contribution in [1.82, 2.24) is 15.0 Å². The average Bonchev–Trinajstić information content (AvgIpc) is 3.25. The second-order valence-corrected chi connectivity index (χ2v) is 6.10. The summed E-state index contributed by atoms with van der Waals surface area (Å²) in [7, 11) is 0. The van der Waals surface area contributed by atoms with E-state index < -0.39 is 0 Å². The minimum absolute atomic E-state index is 0.0221. The molecule has 0 bridgehead atoms. The summed E-state index contributed by atoms with van der Waals surface area (Å²) in [6, 6.07) is 10.3. The number of rotatable bonds is 4. The van der Waals surface area contributed by atoms with Gasteiger partial charge >= 0.3 is 0 Å². The number of anilines is 1. The number of carbonyl (C=O) groups excluding carboxylic acids is 2. The minimum atomic E-state index is -0.150. The first-order chi connectivity index (χ1) is 12.6. The maximum atomic E-state index is 12.5. The number of likely N-dealkylation sites (tertiary alicyclic amines) is 1. The van der Waals surface area contributed by atoms with Crippen LogP contribution in [0.15, 0.2) is 51.6 Å². The molecule has 2 aromatic heterocycles. The largest absolute Gasteiger partial charge is 0.461 e. The quantitative estimate of drug-likeness (QED) is 0.774. The van der Waals surface area contributed by atoms with Crippen LogP contribution in [0.1, 0.15) is 29.1 Å². The number of hydrogen-bond donors (Lipinski definition) is 1. The van der Waals surface area contributed by atoms with E-state index in [1.807, 2.05) is 0 Å². The van der Waals surface area contributed by atoms with Crippen molar-refractivity contribution in [2.24, 2.45) is 0 Å². The van der Waals surface area contributed by atoms with Crippen molar-refractivity contribution < 1.29 is 18.5 Å². The first-order valence-corrected chi connectivity index (χ1v) is 8.14. The minimum Gasteiger partial charge on any atom is -0.461 e. The average molecular weight is 352 g/mol. The SMILES string of the molecule is CC(=O)Nc1ccc(C(=O)N2CC(c3nc(-c4ccco4)no3)C2)cc1. The van der Waals surface area contributed by atoms with Crippen LogP contribution in [0.2, 0.25) is 0 Å². The van der Waals surface area contributed by atoms with Gasteiger partial charge in [-0.25, -0.2) is 0 Å². The molecule has 1 aliphatic heterocycles. The van der Waals surface area contributed by atoms with Crippen molar-refractivity contribution in [3.8, 4) is 11.6 Å². The fourth-order valence-electron chi connectivity index (χ4n) is 2.79. The zero-order chi connectivity index (χ0) is 18.1. The van der Waals surface area contributed by atoms with Crippen molar-refractivity contribution in [2.45, 2.75) is 12.8 Å². The molecule has 132 valence electrons. The molecule has 0 atom stereocenters. The summed E-state index contributed by atoms with van der Waals surface area (Å²) in [6.07, 6.45) is 1.55. The van der Waals surface area contributed by atoms with Crippen molar-refractivity contribution in [1.29, 1.82) is 0 Å². The molecule has 1 N–H and O–H groups in total. The third-order valence-corrected chi connectivity index (χ3v) is 4.15. The van der Waals surface area contributed by atoms with Gasteiger partial charge in [-0.1, -0.05) is 5.16 Å². The fraction of sp³-hybridized carbons (Fsp3) is 0.222. The van der Waals surface area contributed by atoms with Gasteiger partial charge in [0.15, 0.2) is 5.76 Å². The first-order valence-electron chi connectivity index (χ1n) is 8.14. The normalized spacial score (nSPS) is 14.1. The van der Waals surface area contributed by atoms with E-state index in [9.17, 15) is 9.59 Å². The third kappa shape index (κ3) is 3.08. The van der Waals surface area contributed by atoms with Crippen LogP contribution >= 0.6 is 0 Å². The van der Waals surface area contributed by atoms with Crippen molar-refractivity contribution in [3.05, 3.63) is 54.1 Å². The van der Waals surface area contributed by atoms with Gasteiger partial charge in [0.05, 0.1) is 12.2 Å². The molecule has 1 aliphatic rings. The Labute approximate surface area is 148 Å². The van der Waals surface area contributed by atoms with Gasteiger partial charge in [0.25, 0.3) is 5.91 Å². The van der Waals surface area contributed by atoms with Gasteiger partial charge in [-0.05, 0) is 36.4 Å². The number of carbonyl (C=O) groups is 2.